The number of carboxylic acid groups (broad SMARTS) is 1. The third-order valence-corrected chi connectivity index (χ3v) is 5.48. The summed E-state index contributed by atoms with van der Waals surface area (Å²) < 4.78 is 5.91. The molecular formula is C25H42O4. The van der Waals surface area contributed by atoms with Gasteiger partial charge in [0.15, 0.2) is 5.79 Å². The maximum absolute atomic E-state index is 11.0. The minimum absolute atomic E-state index is 0.146. The highest BCUT2D eigenvalue weighted by atomic mass is 16.6. The average Bonchev–Trinajstić information content (AvgIpc) is 2.72. The van der Waals surface area contributed by atoms with E-state index in [2.05, 4.69) is 6.92 Å². The zero-order chi connectivity index (χ0) is 21.2. The molecule has 1 aromatic rings. The monoisotopic (exact) mass is 406 g/mol. The van der Waals surface area contributed by atoms with Gasteiger partial charge in [0, 0.05) is 19.3 Å². The third kappa shape index (κ3) is 14.3. The summed E-state index contributed by atoms with van der Waals surface area (Å²) in [5.74, 6) is -1.94. The lowest BCUT2D eigenvalue weighted by atomic mass is 9.99. The molecule has 1 rings (SSSR count). The van der Waals surface area contributed by atoms with Gasteiger partial charge in [0.1, 0.15) is 0 Å². The van der Waals surface area contributed by atoms with Crippen LogP contribution >= 0.6 is 0 Å². The minimum atomic E-state index is -1.16. The number of unbranched alkanes of at least 4 members (excludes halogenated alkanes) is 10. The van der Waals surface area contributed by atoms with Gasteiger partial charge in [0.25, 0.3) is 0 Å². The van der Waals surface area contributed by atoms with E-state index in [4.69, 9.17) is 9.84 Å². The second-order valence-corrected chi connectivity index (χ2v) is 8.25. The second kappa shape index (κ2) is 16.4. The van der Waals surface area contributed by atoms with Crippen molar-refractivity contribution in [1.82, 2.24) is 0 Å². The molecule has 1 unspecified atom stereocenters. The molecule has 0 radical (unpaired) electrons. The van der Waals surface area contributed by atoms with E-state index in [0.29, 0.717) is 32.3 Å². The van der Waals surface area contributed by atoms with Crippen molar-refractivity contribution in [1.29, 1.82) is 0 Å². The molecule has 0 saturated carbocycles. The first-order chi connectivity index (χ1) is 14.1. The van der Waals surface area contributed by atoms with Crippen LogP contribution in [-0.2, 0) is 16.1 Å². The molecular weight excluding hydrogens is 364 g/mol. The summed E-state index contributed by atoms with van der Waals surface area (Å²) >= 11 is 0. The fourth-order valence-corrected chi connectivity index (χ4v) is 3.63. The summed E-state index contributed by atoms with van der Waals surface area (Å²) in [6.45, 7) is 2.63. The Morgan fingerprint density at radius 2 is 1.34 bits per heavy atom. The minimum Gasteiger partial charge on any atom is -0.481 e. The van der Waals surface area contributed by atoms with Crippen molar-refractivity contribution in [3.05, 3.63) is 35.9 Å². The van der Waals surface area contributed by atoms with Crippen molar-refractivity contribution in [2.24, 2.45) is 0 Å². The van der Waals surface area contributed by atoms with Crippen LogP contribution in [0, 0.1) is 0 Å². The summed E-state index contributed by atoms with van der Waals surface area (Å²) in [4.78, 5) is 10.7. The maximum atomic E-state index is 11.0. The Bertz CT molecular complexity index is 517. The molecule has 0 aliphatic carbocycles. The van der Waals surface area contributed by atoms with Gasteiger partial charge in [-0.15, -0.1) is 0 Å². The normalized spacial score (nSPS) is 13.3. The summed E-state index contributed by atoms with van der Waals surface area (Å²) in [5, 5.41) is 19.8. The molecule has 2 N–H and O–H groups in total. The van der Waals surface area contributed by atoms with Gasteiger partial charge in [-0.1, -0.05) is 95.0 Å². The number of ether oxygens (including phenoxy) is 1. The summed E-state index contributed by atoms with van der Waals surface area (Å²) in [7, 11) is 0. The number of carbonyl (C=O) groups is 1. The van der Waals surface area contributed by atoms with Crippen LogP contribution in [0.15, 0.2) is 30.3 Å². The Hall–Kier alpha value is -1.39. The molecule has 0 aromatic heterocycles. The van der Waals surface area contributed by atoms with Gasteiger partial charge in [-0.25, -0.2) is 0 Å². The highest BCUT2D eigenvalue weighted by molar-refractivity contribution is 5.66. The predicted molar refractivity (Wildman–Crippen MR) is 119 cm³/mol. The van der Waals surface area contributed by atoms with Gasteiger partial charge in [0.05, 0.1) is 6.61 Å². The van der Waals surface area contributed by atoms with E-state index in [1.807, 2.05) is 30.3 Å². The van der Waals surface area contributed by atoms with Crippen LogP contribution in [-0.4, -0.2) is 22.0 Å². The van der Waals surface area contributed by atoms with Gasteiger partial charge >= 0.3 is 5.97 Å². The van der Waals surface area contributed by atoms with Crippen LogP contribution < -0.4 is 0 Å². The van der Waals surface area contributed by atoms with Crippen LogP contribution in [0.4, 0.5) is 0 Å². The van der Waals surface area contributed by atoms with E-state index < -0.39 is 11.8 Å². The first-order valence-corrected chi connectivity index (χ1v) is 11.7. The third-order valence-electron chi connectivity index (χ3n) is 5.48. The summed E-state index contributed by atoms with van der Waals surface area (Å²) in [5.41, 5.74) is 1.04. The highest BCUT2D eigenvalue weighted by Crippen LogP contribution is 2.26. The molecule has 0 fully saturated rings. The number of aliphatic carboxylic acids is 1. The van der Waals surface area contributed by atoms with Crippen molar-refractivity contribution in [3.63, 3.8) is 0 Å². The van der Waals surface area contributed by atoms with E-state index in [1.165, 1.54) is 51.4 Å². The number of carboxylic acids is 1. The van der Waals surface area contributed by atoms with Crippen molar-refractivity contribution in [2.75, 3.05) is 0 Å². The first-order valence-electron chi connectivity index (χ1n) is 11.7. The van der Waals surface area contributed by atoms with E-state index in [0.717, 1.165) is 18.4 Å². The van der Waals surface area contributed by atoms with Crippen molar-refractivity contribution in [2.45, 2.75) is 116 Å². The molecule has 0 saturated heterocycles. The zero-order valence-electron chi connectivity index (χ0n) is 18.4. The number of rotatable bonds is 19. The van der Waals surface area contributed by atoms with Crippen molar-refractivity contribution < 1.29 is 19.7 Å². The Kier molecular flexibility index (Phi) is 14.5. The molecule has 0 heterocycles. The van der Waals surface area contributed by atoms with Gasteiger partial charge in [-0.05, 0) is 24.8 Å². The van der Waals surface area contributed by atoms with E-state index >= 15 is 0 Å². The number of aliphatic hydroxyl groups is 1. The molecule has 0 amide bonds. The molecule has 29 heavy (non-hydrogen) atoms. The Labute approximate surface area is 177 Å². The topological polar surface area (TPSA) is 66.8 Å². The fraction of sp³-hybridized carbons (Fsp3) is 0.720. The lowest BCUT2D eigenvalue weighted by Crippen LogP contribution is -2.32. The van der Waals surface area contributed by atoms with Gasteiger partial charge in [0.2, 0.25) is 0 Å². The van der Waals surface area contributed by atoms with E-state index in [-0.39, 0.29) is 6.42 Å². The summed E-state index contributed by atoms with van der Waals surface area (Å²) in [6, 6.07) is 9.88. The first kappa shape index (κ1) is 25.6. The van der Waals surface area contributed by atoms with Gasteiger partial charge in [-0.2, -0.15) is 0 Å². The average molecular weight is 407 g/mol. The Morgan fingerprint density at radius 1 is 0.828 bits per heavy atom. The molecule has 166 valence electrons. The Balaban J connectivity index is 2.28. The van der Waals surface area contributed by atoms with E-state index in [1.54, 1.807) is 0 Å². The number of hydrogen-bond acceptors (Lipinski definition) is 3. The molecule has 4 nitrogen and oxygen atoms in total. The molecule has 0 aliphatic rings. The smallest absolute Gasteiger partial charge is 0.303 e. The van der Waals surface area contributed by atoms with Gasteiger partial charge < -0.3 is 14.9 Å². The van der Waals surface area contributed by atoms with Crippen LogP contribution in [0.2, 0.25) is 0 Å². The molecule has 1 atom stereocenters. The molecule has 0 spiro atoms. The Morgan fingerprint density at radius 3 is 1.90 bits per heavy atom. The lowest BCUT2D eigenvalue weighted by molar-refractivity contribution is -0.220. The quantitative estimate of drug-likeness (QED) is 0.195. The van der Waals surface area contributed by atoms with Crippen LogP contribution in [0.5, 0.6) is 0 Å². The summed E-state index contributed by atoms with van der Waals surface area (Å²) in [6.07, 6.45) is 15.1. The maximum Gasteiger partial charge on any atom is 0.303 e. The molecule has 4 heteroatoms. The number of hydrogen-bond donors (Lipinski definition) is 2. The lowest BCUT2D eigenvalue weighted by Gasteiger charge is -2.29. The molecule has 0 aliphatic heterocycles. The number of benzene rings is 1. The molecule has 0 bridgehead atoms. The van der Waals surface area contributed by atoms with Crippen LogP contribution in [0.1, 0.15) is 109 Å². The van der Waals surface area contributed by atoms with Gasteiger partial charge in [-0.3, -0.25) is 4.79 Å². The van der Waals surface area contributed by atoms with Crippen molar-refractivity contribution in [3.8, 4) is 0 Å². The highest BCUT2D eigenvalue weighted by Gasteiger charge is 2.26. The molecule has 1 aromatic carbocycles. The van der Waals surface area contributed by atoms with Crippen LogP contribution in [0.3, 0.4) is 0 Å². The SMILES string of the molecule is CCCCCCCCCCCCC(O)(CCCCC(=O)O)OCc1ccccc1. The fourth-order valence-electron chi connectivity index (χ4n) is 3.63. The second-order valence-electron chi connectivity index (χ2n) is 8.25. The largest absolute Gasteiger partial charge is 0.481 e. The van der Waals surface area contributed by atoms with E-state index in [9.17, 15) is 9.90 Å². The van der Waals surface area contributed by atoms with Crippen molar-refractivity contribution >= 4 is 5.97 Å². The zero-order valence-corrected chi connectivity index (χ0v) is 18.4. The standard InChI is InChI=1S/C25H42O4/c1-2-3-4-5-6-7-8-9-10-15-20-25(28,21-16-14-19-24(26)27)29-22-23-17-12-11-13-18-23/h11-13,17-18,28H,2-10,14-16,19-22H2,1H3,(H,26,27). The van der Waals surface area contributed by atoms with Crippen LogP contribution in [0.25, 0.3) is 0 Å². The predicted octanol–water partition coefficient (Wildman–Crippen LogP) is 6.85.